The summed E-state index contributed by atoms with van der Waals surface area (Å²) >= 11 is 0. The number of rotatable bonds is 5. The minimum atomic E-state index is -0.706. The van der Waals surface area contributed by atoms with Gasteiger partial charge in [-0.1, -0.05) is 57.2 Å². The second-order valence-corrected chi connectivity index (χ2v) is 10.3. The van der Waals surface area contributed by atoms with E-state index < -0.39 is 11.9 Å². The molecule has 3 aromatic carbocycles. The third-order valence-electron chi connectivity index (χ3n) is 7.60. The van der Waals surface area contributed by atoms with Gasteiger partial charge >= 0.3 is 0 Å². The summed E-state index contributed by atoms with van der Waals surface area (Å²) in [5.74, 6) is 0.281. The van der Waals surface area contributed by atoms with Gasteiger partial charge in [0.05, 0.1) is 11.7 Å². The van der Waals surface area contributed by atoms with E-state index in [1.807, 2.05) is 36.4 Å². The number of phenols is 1. The lowest BCUT2D eigenvalue weighted by atomic mass is 9.66. The lowest BCUT2D eigenvalue weighted by Crippen LogP contribution is -2.36. The van der Waals surface area contributed by atoms with E-state index in [4.69, 9.17) is 4.74 Å². The number of Topliss-reactive ketones (excluding diaryl/α,β-unsaturated/α-hetero) is 1. The molecule has 2 atom stereocenters. The number of carbonyl (C=O) groups is 1. The van der Waals surface area contributed by atoms with Gasteiger partial charge < -0.3 is 20.5 Å². The van der Waals surface area contributed by atoms with E-state index in [9.17, 15) is 9.90 Å². The summed E-state index contributed by atoms with van der Waals surface area (Å²) in [5, 5.41) is 17.3. The zero-order valence-corrected chi connectivity index (χ0v) is 20.8. The minimum absolute atomic E-state index is 0.0199. The Labute approximate surface area is 211 Å². The highest BCUT2D eigenvalue weighted by Gasteiger charge is 2.43. The van der Waals surface area contributed by atoms with Crippen molar-refractivity contribution in [2.75, 3.05) is 10.6 Å². The maximum atomic E-state index is 15.6. The lowest BCUT2D eigenvalue weighted by molar-refractivity contribution is -0.119. The third-order valence-corrected chi connectivity index (χ3v) is 7.60. The van der Waals surface area contributed by atoms with Crippen LogP contribution >= 0.6 is 0 Å². The maximum absolute atomic E-state index is 15.6. The third kappa shape index (κ3) is 4.43. The topological polar surface area (TPSA) is 70.6 Å². The van der Waals surface area contributed by atoms with E-state index in [-0.39, 0.29) is 22.9 Å². The summed E-state index contributed by atoms with van der Waals surface area (Å²) < 4.78 is 21.4. The number of nitrogens with one attached hydrogen (secondary N) is 2. The van der Waals surface area contributed by atoms with Crippen molar-refractivity contribution in [3.8, 4) is 11.5 Å². The molecule has 0 saturated carbocycles. The summed E-state index contributed by atoms with van der Waals surface area (Å²) in [6, 6.07) is 18.9. The Morgan fingerprint density at radius 1 is 1.08 bits per heavy atom. The van der Waals surface area contributed by atoms with Crippen LogP contribution in [0.3, 0.4) is 0 Å². The molecule has 0 bridgehead atoms. The molecule has 0 radical (unpaired) electrons. The first kappa shape index (κ1) is 23.9. The number of para-hydroxylation sites is 1. The quantitative estimate of drug-likeness (QED) is 0.340. The summed E-state index contributed by atoms with van der Waals surface area (Å²) in [4.78, 5) is 13.6. The molecule has 2 unspecified atom stereocenters. The fourth-order valence-electron chi connectivity index (χ4n) is 5.02. The first-order valence-electron chi connectivity index (χ1n) is 12.3. The predicted octanol–water partition coefficient (Wildman–Crippen LogP) is 6.97. The van der Waals surface area contributed by atoms with Gasteiger partial charge in [-0.25, -0.2) is 4.39 Å². The number of benzene rings is 3. The van der Waals surface area contributed by atoms with Crippen LogP contribution in [0.15, 0.2) is 78.0 Å². The van der Waals surface area contributed by atoms with Gasteiger partial charge in [-0.3, -0.25) is 4.79 Å². The van der Waals surface area contributed by atoms with Gasteiger partial charge in [-0.15, -0.1) is 0 Å². The monoisotopic (exact) mass is 486 g/mol. The zero-order valence-electron chi connectivity index (χ0n) is 20.8. The second kappa shape index (κ2) is 9.34. The number of anilines is 2. The lowest BCUT2D eigenvalue weighted by Gasteiger charge is -2.39. The normalized spacial score (nSPS) is 21.2. The summed E-state index contributed by atoms with van der Waals surface area (Å²) in [6.45, 7) is 6.67. The first-order chi connectivity index (χ1) is 17.2. The molecule has 0 amide bonds. The molecule has 0 aromatic heterocycles. The molecule has 0 fully saturated rings. The van der Waals surface area contributed by atoms with Crippen molar-refractivity contribution in [1.82, 2.24) is 0 Å². The van der Waals surface area contributed by atoms with Crippen molar-refractivity contribution in [2.24, 2.45) is 11.3 Å². The van der Waals surface area contributed by atoms with Crippen molar-refractivity contribution < 1.29 is 19.0 Å². The summed E-state index contributed by atoms with van der Waals surface area (Å²) in [6.07, 6.45) is 1.00. The molecule has 2 aliphatic rings. The Balaban J connectivity index is 1.53. The van der Waals surface area contributed by atoms with Crippen LogP contribution in [-0.4, -0.2) is 10.9 Å². The van der Waals surface area contributed by atoms with E-state index in [1.54, 1.807) is 24.3 Å². The van der Waals surface area contributed by atoms with Gasteiger partial charge in [0.25, 0.3) is 0 Å². The van der Waals surface area contributed by atoms with Crippen LogP contribution in [0.2, 0.25) is 0 Å². The number of carbonyl (C=O) groups excluding carboxylic acids is 1. The standard InChI is InChI=1S/C30H31FN2O3/c1-18(2)30(3)15-24-27(26(35)16-30)28(32-23-10-7-11-25(34)29(23)33-24)21-13-12-20(14-22(21)31)36-17-19-8-5-4-6-9-19/h4-14,18,28,32-34H,15-17H2,1-3H3. The molecule has 36 heavy (non-hydrogen) atoms. The number of fused-ring (bicyclic) bond motifs is 1. The molecule has 5 nitrogen and oxygen atoms in total. The molecule has 0 spiro atoms. The number of allylic oxidation sites excluding steroid dienone is 1. The summed E-state index contributed by atoms with van der Waals surface area (Å²) in [7, 11) is 0. The molecule has 0 saturated heterocycles. The fraction of sp³-hybridized carbons (Fsp3) is 0.300. The molecule has 1 aliphatic carbocycles. The van der Waals surface area contributed by atoms with E-state index in [0.29, 0.717) is 47.7 Å². The summed E-state index contributed by atoms with van der Waals surface area (Å²) in [5.41, 5.74) is 3.45. The molecule has 1 aliphatic heterocycles. The Morgan fingerprint density at radius 2 is 1.86 bits per heavy atom. The maximum Gasteiger partial charge on any atom is 0.163 e. The van der Waals surface area contributed by atoms with E-state index >= 15 is 4.39 Å². The number of hydrogen-bond acceptors (Lipinski definition) is 5. The highest BCUT2D eigenvalue weighted by atomic mass is 19.1. The van der Waals surface area contributed by atoms with Gasteiger partial charge in [0.2, 0.25) is 0 Å². The first-order valence-corrected chi connectivity index (χ1v) is 12.3. The van der Waals surface area contributed by atoms with Crippen LogP contribution in [0.25, 0.3) is 0 Å². The Kier molecular flexibility index (Phi) is 6.20. The van der Waals surface area contributed by atoms with Gasteiger partial charge in [-0.2, -0.15) is 0 Å². The van der Waals surface area contributed by atoms with Crippen LogP contribution in [0.1, 0.15) is 50.8 Å². The second-order valence-electron chi connectivity index (χ2n) is 10.3. The number of aromatic hydroxyl groups is 1. The molecular weight excluding hydrogens is 455 g/mol. The van der Waals surface area contributed by atoms with Crippen LogP contribution in [0.4, 0.5) is 15.8 Å². The highest BCUT2D eigenvalue weighted by Crippen LogP contribution is 2.50. The van der Waals surface area contributed by atoms with Gasteiger partial charge in [0.15, 0.2) is 5.78 Å². The van der Waals surface area contributed by atoms with Gasteiger partial charge in [-0.05, 0) is 47.6 Å². The van der Waals surface area contributed by atoms with Crippen molar-refractivity contribution in [3.05, 3.63) is 94.9 Å². The van der Waals surface area contributed by atoms with Gasteiger partial charge in [0, 0.05) is 29.3 Å². The minimum Gasteiger partial charge on any atom is -0.506 e. The Morgan fingerprint density at radius 3 is 2.58 bits per heavy atom. The van der Waals surface area contributed by atoms with E-state index in [0.717, 1.165) is 11.3 Å². The zero-order chi connectivity index (χ0) is 25.4. The van der Waals surface area contributed by atoms with Crippen molar-refractivity contribution in [3.63, 3.8) is 0 Å². The molecule has 3 aromatic rings. The smallest absolute Gasteiger partial charge is 0.163 e. The Hall–Kier alpha value is -3.80. The molecule has 1 heterocycles. The van der Waals surface area contributed by atoms with Gasteiger partial charge in [0.1, 0.15) is 29.6 Å². The SMILES string of the molecule is CC(C)C1(C)CC(=O)C2=C(C1)Nc1c(O)cccc1NC2c1ccc(OCc2ccccc2)cc1F. The molecule has 186 valence electrons. The van der Waals surface area contributed by atoms with E-state index in [2.05, 4.69) is 31.4 Å². The fourth-order valence-corrected chi connectivity index (χ4v) is 5.02. The predicted molar refractivity (Wildman–Crippen MR) is 139 cm³/mol. The van der Waals surface area contributed by atoms with Crippen LogP contribution < -0.4 is 15.4 Å². The average Bonchev–Trinajstić information content (AvgIpc) is 3.01. The van der Waals surface area contributed by atoms with Crippen LogP contribution in [-0.2, 0) is 11.4 Å². The number of hydrogen-bond donors (Lipinski definition) is 3. The number of ketones is 1. The Bertz CT molecular complexity index is 1340. The number of ether oxygens (including phenoxy) is 1. The van der Waals surface area contributed by atoms with Crippen molar-refractivity contribution >= 4 is 17.2 Å². The number of halogens is 1. The van der Waals surface area contributed by atoms with Crippen molar-refractivity contribution in [2.45, 2.75) is 46.3 Å². The molecule has 6 heteroatoms. The average molecular weight is 487 g/mol. The largest absolute Gasteiger partial charge is 0.506 e. The molecular formula is C30H31FN2O3. The van der Waals surface area contributed by atoms with Crippen molar-refractivity contribution in [1.29, 1.82) is 0 Å². The highest BCUT2D eigenvalue weighted by molar-refractivity contribution is 6.01. The number of phenolic OH excluding ortho intramolecular Hbond substituents is 1. The van der Waals surface area contributed by atoms with Crippen LogP contribution in [0.5, 0.6) is 11.5 Å². The molecule has 5 rings (SSSR count). The van der Waals surface area contributed by atoms with Crippen LogP contribution in [0, 0.1) is 17.2 Å². The van der Waals surface area contributed by atoms with E-state index in [1.165, 1.54) is 6.07 Å². The molecule has 3 N–H and O–H groups in total.